The number of nitrogen functional groups attached to an aromatic ring is 1. The number of aliphatic hydroxyl groups is 1. The van der Waals surface area contributed by atoms with Gasteiger partial charge in [-0.05, 0) is 40.1 Å². The second kappa shape index (κ2) is 17.6. The highest BCUT2D eigenvalue weighted by atomic mass is 31.2. The molecule has 0 bridgehead atoms. The molecule has 3 rings (SSSR count). The van der Waals surface area contributed by atoms with E-state index in [9.17, 15) is 14.5 Å². The van der Waals surface area contributed by atoms with Crippen molar-refractivity contribution in [1.29, 1.82) is 0 Å². The van der Waals surface area contributed by atoms with Gasteiger partial charge in [0.1, 0.15) is 18.5 Å². The first-order chi connectivity index (χ1) is 22.3. The highest BCUT2D eigenvalue weighted by molar-refractivity contribution is 7.48. The number of ether oxygens (including phenoxy) is 7. The predicted molar refractivity (Wildman–Crippen MR) is 155 cm³/mol. The lowest BCUT2D eigenvalue weighted by molar-refractivity contribution is -0.167. The number of aliphatic hydroxyl groups excluding tert-OH is 1. The molecule has 0 amide bonds. The second-order valence-corrected chi connectivity index (χ2v) is 11.8. The lowest BCUT2D eigenvalue weighted by Gasteiger charge is -2.31. The van der Waals surface area contributed by atoms with Gasteiger partial charge in [0.15, 0.2) is 37.1 Å². The second-order valence-electron chi connectivity index (χ2n) is 10.1. The van der Waals surface area contributed by atoms with Crippen LogP contribution in [0.3, 0.4) is 0 Å². The highest BCUT2D eigenvalue weighted by Crippen LogP contribution is 2.52. The summed E-state index contributed by atoms with van der Waals surface area (Å²) in [5.74, 6) is -0.184. The minimum absolute atomic E-state index is 0.00207. The molecule has 1 saturated heterocycles. The van der Waals surface area contributed by atoms with Gasteiger partial charge in [-0.1, -0.05) is 5.11 Å². The zero-order valence-electron chi connectivity index (χ0n) is 26.3. The minimum atomic E-state index is -4.76. The average Bonchev–Trinajstić information content (AvgIpc) is 3.53. The predicted octanol–water partition coefficient (Wildman–Crippen LogP) is 3.09. The molecule has 1 aliphatic rings. The van der Waals surface area contributed by atoms with Crippen LogP contribution < -0.4 is 10.5 Å². The van der Waals surface area contributed by atoms with E-state index in [1.54, 1.807) is 34.6 Å². The lowest BCUT2D eigenvalue weighted by Crippen LogP contribution is -2.48. The van der Waals surface area contributed by atoms with Gasteiger partial charge in [-0.2, -0.15) is 9.97 Å². The normalized spacial score (nSPS) is 22.4. The number of aromatic nitrogens is 4. The molecule has 3 N–H and O–H groups in total. The van der Waals surface area contributed by atoms with Gasteiger partial charge < -0.3 is 44.0 Å². The molecule has 0 aromatic carbocycles. The Labute approximate surface area is 267 Å². The Balaban J connectivity index is 1.81. The van der Waals surface area contributed by atoms with Crippen molar-refractivity contribution in [2.45, 2.75) is 70.9 Å². The molecule has 1 aliphatic heterocycles. The summed E-state index contributed by atoms with van der Waals surface area (Å²) < 4.78 is 82.3. The monoisotopic (exact) mass is 696 g/mol. The number of phosphoric ester groups is 1. The Hall–Kier alpha value is -3.43. The number of anilines is 1. The van der Waals surface area contributed by atoms with Gasteiger partial charge >= 0.3 is 14.0 Å². The number of hydrogen-bond donors (Lipinski definition) is 2. The van der Waals surface area contributed by atoms with Crippen molar-refractivity contribution in [3.8, 4) is 5.88 Å². The molecule has 3 heterocycles. The van der Waals surface area contributed by atoms with Gasteiger partial charge in [-0.25, -0.2) is 23.3 Å². The Bertz CT molecular complexity index is 1410. The number of alkyl halides is 1. The van der Waals surface area contributed by atoms with Crippen molar-refractivity contribution in [3.63, 3.8) is 0 Å². The maximum atomic E-state index is 15.8. The molecule has 1 fully saturated rings. The number of rotatable bonds is 20. The number of imidazole rings is 1. The van der Waals surface area contributed by atoms with Crippen LogP contribution in [-0.2, 0) is 46.6 Å². The third-order valence-corrected chi connectivity index (χ3v) is 7.25. The van der Waals surface area contributed by atoms with Gasteiger partial charge in [0.2, 0.25) is 18.6 Å². The number of nitrogens with two attached hydrogens (primary N) is 1. The van der Waals surface area contributed by atoms with E-state index in [1.165, 1.54) is 0 Å². The summed E-state index contributed by atoms with van der Waals surface area (Å²) >= 11 is 0. The van der Waals surface area contributed by atoms with E-state index in [0.717, 1.165) is 10.9 Å². The van der Waals surface area contributed by atoms with Gasteiger partial charge in [-0.3, -0.25) is 13.6 Å². The fourth-order valence-electron chi connectivity index (χ4n) is 3.89. The van der Waals surface area contributed by atoms with Crippen molar-refractivity contribution < 1.29 is 65.6 Å². The lowest BCUT2D eigenvalue weighted by atomic mass is 9.97. The number of carbonyl (C=O) groups is 1. The van der Waals surface area contributed by atoms with Crippen LogP contribution in [0.5, 0.6) is 5.88 Å². The molecule has 0 aliphatic carbocycles. The van der Waals surface area contributed by atoms with Crippen LogP contribution in [0.4, 0.5) is 15.1 Å². The largest absolute Gasteiger partial charge is 0.510 e. The molecule has 47 heavy (non-hydrogen) atoms. The SMILES string of the molecule is CCOc1nc(N)nc2c1ncn2[C@@H]1O[C@](CN=[N+]=[N-])(COP(=O)(OCOCOCOC(C)C)OCOC(=O)OC(C)C)[C@@H](O)[C@H]1F. The van der Waals surface area contributed by atoms with Gasteiger partial charge in [-0.15, -0.1) is 0 Å². The van der Waals surface area contributed by atoms with Gasteiger partial charge in [0.05, 0.1) is 38.3 Å². The van der Waals surface area contributed by atoms with E-state index in [-0.39, 0.29) is 49.3 Å². The molecule has 0 saturated carbocycles. The van der Waals surface area contributed by atoms with Crippen molar-refractivity contribution in [1.82, 2.24) is 19.5 Å². The molecule has 0 radical (unpaired) electrons. The van der Waals surface area contributed by atoms with Gasteiger partial charge in [0, 0.05) is 4.91 Å². The fourth-order valence-corrected chi connectivity index (χ4v) is 4.87. The van der Waals surface area contributed by atoms with E-state index in [2.05, 4.69) is 25.0 Å². The van der Waals surface area contributed by atoms with Crippen LogP contribution in [0, 0.1) is 0 Å². The summed E-state index contributed by atoms with van der Waals surface area (Å²) in [6, 6.07) is 0. The van der Waals surface area contributed by atoms with Crippen LogP contribution in [0.25, 0.3) is 21.6 Å². The average molecular weight is 697 g/mol. The van der Waals surface area contributed by atoms with Crippen LogP contribution in [0.15, 0.2) is 11.4 Å². The van der Waals surface area contributed by atoms with Crippen LogP contribution in [-0.4, -0.2) is 108 Å². The van der Waals surface area contributed by atoms with Crippen molar-refractivity contribution >= 4 is 31.1 Å². The molecule has 264 valence electrons. The highest BCUT2D eigenvalue weighted by Gasteiger charge is 2.57. The number of halogens is 1. The van der Waals surface area contributed by atoms with Crippen molar-refractivity contribution in [2.75, 3.05) is 52.7 Å². The Morgan fingerprint density at radius 1 is 1.19 bits per heavy atom. The van der Waals surface area contributed by atoms with E-state index in [1.807, 2.05) is 0 Å². The topological polar surface area (TPSA) is 265 Å². The van der Waals surface area contributed by atoms with E-state index < -0.39 is 70.9 Å². The summed E-state index contributed by atoms with van der Waals surface area (Å²) in [4.78, 5) is 26.6. The number of phosphoric acid groups is 1. The number of fused-ring (bicyclic) bond motifs is 1. The minimum Gasteiger partial charge on any atom is -0.476 e. The standard InChI is InChI=1S/C24H38FN8O13P/c1-6-39-20-17-19(30-22(26)31-20)33(9-28-17)21-16(25)18(34)24(46-21,7-29-32-27)8-42-47(36,44-13-41-23(35)45-15(4)5)43-12-38-10-37-11-40-14(2)3/h9,14-16,18,21,34H,6-8,10-13H2,1-5H3,(H2,26,30,31)/t16-,18+,21-,24-,47?/m1/s1. The first kappa shape index (κ1) is 38.0. The van der Waals surface area contributed by atoms with E-state index in [0.29, 0.717) is 0 Å². The zero-order valence-corrected chi connectivity index (χ0v) is 27.2. The first-order valence-corrected chi connectivity index (χ1v) is 15.6. The fraction of sp³-hybridized carbons (Fsp3) is 0.750. The summed E-state index contributed by atoms with van der Waals surface area (Å²) in [6.45, 7) is 4.83. The summed E-state index contributed by atoms with van der Waals surface area (Å²) in [5.41, 5.74) is 12.8. The van der Waals surface area contributed by atoms with Crippen molar-refractivity contribution in [3.05, 3.63) is 16.8 Å². The van der Waals surface area contributed by atoms with E-state index in [4.69, 9.17) is 58.0 Å². The molecule has 2 aromatic rings. The van der Waals surface area contributed by atoms with Crippen LogP contribution in [0.2, 0.25) is 0 Å². The number of azide groups is 1. The molecule has 0 spiro atoms. The summed E-state index contributed by atoms with van der Waals surface area (Å²) in [7, 11) is -4.76. The molecular weight excluding hydrogens is 658 g/mol. The molecule has 23 heteroatoms. The molecule has 21 nitrogen and oxygen atoms in total. The maximum Gasteiger partial charge on any atom is 0.510 e. The number of nitrogens with zero attached hydrogens (tertiary/aromatic N) is 7. The molecule has 5 atom stereocenters. The smallest absolute Gasteiger partial charge is 0.476 e. The Kier molecular flexibility index (Phi) is 14.3. The quantitative estimate of drug-likeness (QED) is 0.0383. The third-order valence-electron chi connectivity index (χ3n) is 5.96. The number of hydrogen-bond acceptors (Lipinski definition) is 18. The molecule has 2 aromatic heterocycles. The molecular formula is C24H38FN8O13P. The third kappa shape index (κ3) is 10.5. The zero-order chi connectivity index (χ0) is 34.6. The maximum absolute atomic E-state index is 15.8. The molecule has 1 unspecified atom stereocenters. The Morgan fingerprint density at radius 3 is 2.60 bits per heavy atom. The van der Waals surface area contributed by atoms with Crippen LogP contribution in [0.1, 0.15) is 40.8 Å². The first-order valence-electron chi connectivity index (χ1n) is 14.1. The summed E-state index contributed by atoms with van der Waals surface area (Å²) in [6.07, 6.45) is -6.51. The Morgan fingerprint density at radius 2 is 1.91 bits per heavy atom. The number of carbonyl (C=O) groups excluding carboxylic acids is 1. The van der Waals surface area contributed by atoms with Crippen molar-refractivity contribution in [2.24, 2.45) is 5.11 Å². The van der Waals surface area contributed by atoms with Crippen LogP contribution >= 0.6 is 7.82 Å². The van der Waals surface area contributed by atoms with E-state index >= 15 is 4.39 Å². The summed E-state index contributed by atoms with van der Waals surface area (Å²) in [5, 5.41) is 14.5. The van der Waals surface area contributed by atoms with Gasteiger partial charge in [0.25, 0.3) is 0 Å².